The molecule has 1 aromatic heterocycles. The first-order valence-corrected chi connectivity index (χ1v) is 12.9. The number of aliphatic hydroxyl groups is 1. The molecule has 0 spiro atoms. The summed E-state index contributed by atoms with van der Waals surface area (Å²) in [4.78, 5) is 13.5. The zero-order valence-electron chi connectivity index (χ0n) is 18.1. The third-order valence-electron chi connectivity index (χ3n) is 7.97. The highest BCUT2D eigenvalue weighted by Crippen LogP contribution is 2.44. The van der Waals surface area contributed by atoms with E-state index in [-0.39, 0.29) is 51.4 Å². The van der Waals surface area contributed by atoms with Crippen molar-refractivity contribution in [3.05, 3.63) is 21.4 Å². The van der Waals surface area contributed by atoms with Gasteiger partial charge in [-0.2, -0.15) is 9.97 Å². The number of aromatic nitrogens is 2. The van der Waals surface area contributed by atoms with Gasteiger partial charge in [0.1, 0.15) is 24.1 Å². The van der Waals surface area contributed by atoms with Crippen LogP contribution in [-0.2, 0) is 0 Å². The quantitative estimate of drug-likeness (QED) is 0.568. The zero-order valence-corrected chi connectivity index (χ0v) is 20.5. The summed E-state index contributed by atoms with van der Waals surface area (Å²) in [5.41, 5.74) is -0.196. The van der Waals surface area contributed by atoms with E-state index in [2.05, 4.69) is 30.7 Å². The van der Waals surface area contributed by atoms with Crippen molar-refractivity contribution in [3.8, 4) is 6.01 Å². The molecule has 0 amide bonds. The van der Waals surface area contributed by atoms with E-state index < -0.39 is 12.0 Å². The summed E-state index contributed by atoms with van der Waals surface area (Å²) >= 11 is 9.52. The molecule has 4 aliphatic rings. The lowest BCUT2D eigenvalue weighted by Gasteiger charge is -2.38. The minimum absolute atomic E-state index is 0.0969. The maximum absolute atomic E-state index is 15.3. The van der Waals surface area contributed by atoms with Crippen molar-refractivity contribution in [2.45, 2.75) is 74.8 Å². The molecule has 178 valence electrons. The lowest BCUT2D eigenvalue weighted by atomic mass is 9.95. The van der Waals surface area contributed by atoms with Crippen molar-refractivity contribution < 1.29 is 18.6 Å². The molecule has 4 fully saturated rings. The number of benzene rings is 1. The summed E-state index contributed by atoms with van der Waals surface area (Å²) in [6.45, 7) is 1.58. The Bertz CT molecular complexity index is 1100. The molecule has 6 rings (SSSR count). The fourth-order valence-corrected chi connectivity index (χ4v) is 7.03. The van der Waals surface area contributed by atoms with Gasteiger partial charge in [0.25, 0.3) is 0 Å². The minimum Gasteiger partial charge on any atom is -0.461 e. The molecular formula is C23H26BrClF2N4O2. The number of nitrogens with zero attached hydrogens (tertiary/aromatic N) is 4. The molecule has 4 saturated heterocycles. The second-order valence-electron chi connectivity index (χ2n) is 9.99. The van der Waals surface area contributed by atoms with Crippen LogP contribution < -0.4 is 9.64 Å². The van der Waals surface area contributed by atoms with Gasteiger partial charge in [0.15, 0.2) is 5.82 Å². The van der Waals surface area contributed by atoms with Crippen LogP contribution in [0.4, 0.5) is 14.6 Å². The lowest BCUT2D eigenvalue weighted by Crippen LogP contribution is -2.45. The highest BCUT2D eigenvalue weighted by Gasteiger charge is 2.49. The van der Waals surface area contributed by atoms with Crippen molar-refractivity contribution in [2.24, 2.45) is 0 Å². The fourth-order valence-electron chi connectivity index (χ4n) is 6.54. The van der Waals surface area contributed by atoms with Crippen LogP contribution in [0.2, 0.25) is 5.02 Å². The zero-order chi connectivity index (χ0) is 22.9. The Hall–Kier alpha value is -1.29. The molecule has 4 atom stereocenters. The molecule has 3 unspecified atom stereocenters. The minimum atomic E-state index is -0.854. The van der Waals surface area contributed by atoms with Gasteiger partial charge in [0.2, 0.25) is 0 Å². The Morgan fingerprint density at radius 2 is 2.03 bits per heavy atom. The SMILES string of the molecule is OC1CC2CCC(C1)N2c1nc(OC[C@@]23CCCN2CC(F)C3)nc2c(F)c(Br)c(Cl)cc12. The Labute approximate surface area is 204 Å². The van der Waals surface area contributed by atoms with Crippen molar-refractivity contribution in [3.63, 3.8) is 0 Å². The van der Waals surface area contributed by atoms with Crippen molar-refractivity contribution in [2.75, 3.05) is 24.6 Å². The van der Waals surface area contributed by atoms with Gasteiger partial charge in [-0.25, -0.2) is 8.78 Å². The van der Waals surface area contributed by atoms with Gasteiger partial charge in [0, 0.05) is 30.4 Å². The molecule has 0 radical (unpaired) electrons. The molecule has 0 saturated carbocycles. The summed E-state index contributed by atoms with van der Waals surface area (Å²) in [5, 5.41) is 11.0. The molecule has 2 aromatic rings. The van der Waals surface area contributed by atoms with Crippen molar-refractivity contribution >= 4 is 44.3 Å². The Balaban J connectivity index is 1.41. The number of hydrogen-bond donors (Lipinski definition) is 1. The van der Waals surface area contributed by atoms with Crippen LogP contribution in [-0.4, -0.2) is 69.6 Å². The lowest BCUT2D eigenvalue weighted by molar-refractivity contribution is 0.107. The van der Waals surface area contributed by atoms with E-state index in [1.807, 2.05) is 0 Å². The smallest absolute Gasteiger partial charge is 0.319 e. The summed E-state index contributed by atoms with van der Waals surface area (Å²) in [6.07, 6.45) is 4.35. The average molecular weight is 544 g/mol. The second kappa shape index (κ2) is 8.14. The molecule has 5 heterocycles. The second-order valence-corrected chi connectivity index (χ2v) is 11.2. The van der Waals surface area contributed by atoms with E-state index in [0.29, 0.717) is 37.0 Å². The van der Waals surface area contributed by atoms with Crippen LogP contribution in [0.15, 0.2) is 10.5 Å². The van der Waals surface area contributed by atoms with Gasteiger partial charge in [-0.3, -0.25) is 4.90 Å². The number of alkyl halides is 1. The fraction of sp³-hybridized carbons (Fsp3) is 0.652. The van der Waals surface area contributed by atoms with Crippen molar-refractivity contribution in [1.29, 1.82) is 0 Å². The number of fused-ring (bicyclic) bond motifs is 4. The number of hydrogen-bond acceptors (Lipinski definition) is 6. The van der Waals surface area contributed by atoms with Gasteiger partial charge in [-0.05, 0) is 67.1 Å². The highest BCUT2D eigenvalue weighted by molar-refractivity contribution is 9.10. The number of aliphatic hydroxyl groups excluding tert-OH is 1. The van der Waals surface area contributed by atoms with Gasteiger partial charge in [-0.15, -0.1) is 0 Å². The van der Waals surface area contributed by atoms with E-state index >= 15 is 4.39 Å². The maximum Gasteiger partial charge on any atom is 0.319 e. The average Bonchev–Trinajstić information content (AvgIpc) is 3.38. The molecule has 2 bridgehead atoms. The Kier molecular flexibility index (Phi) is 5.47. The van der Waals surface area contributed by atoms with E-state index in [1.54, 1.807) is 6.07 Å². The van der Waals surface area contributed by atoms with E-state index in [9.17, 15) is 9.50 Å². The third-order valence-corrected chi connectivity index (χ3v) is 9.27. The molecule has 0 aliphatic carbocycles. The maximum atomic E-state index is 15.3. The predicted octanol–water partition coefficient (Wildman–Crippen LogP) is 4.63. The van der Waals surface area contributed by atoms with Crippen LogP contribution in [0, 0.1) is 5.82 Å². The summed E-state index contributed by atoms with van der Waals surface area (Å²) in [5.74, 6) is 0.0407. The number of piperidine rings is 1. The van der Waals surface area contributed by atoms with E-state index in [1.165, 1.54) is 0 Å². The summed E-state index contributed by atoms with van der Waals surface area (Å²) in [7, 11) is 0. The summed E-state index contributed by atoms with van der Waals surface area (Å²) in [6, 6.07) is 2.04. The predicted molar refractivity (Wildman–Crippen MR) is 125 cm³/mol. The van der Waals surface area contributed by atoms with Gasteiger partial charge >= 0.3 is 6.01 Å². The Morgan fingerprint density at radius 1 is 1.27 bits per heavy atom. The number of rotatable bonds is 4. The van der Waals surface area contributed by atoms with Crippen LogP contribution in [0.3, 0.4) is 0 Å². The molecular weight excluding hydrogens is 518 g/mol. The molecule has 1 aromatic carbocycles. The summed E-state index contributed by atoms with van der Waals surface area (Å²) < 4.78 is 35.7. The van der Waals surface area contributed by atoms with Crippen molar-refractivity contribution in [1.82, 2.24) is 14.9 Å². The topological polar surface area (TPSA) is 61.7 Å². The first-order chi connectivity index (χ1) is 15.8. The van der Waals surface area contributed by atoms with E-state index in [4.69, 9.17) is 21.3 Å². The van der Waals surface area contributed by atoms with Crippen LogP contribution in [0.25, 0.3) is 10.9 Å². The standard InChI is InChI=1S/C23H26BrClF2N4O2/c24-18-17(25)8-16-20(19(18)27)28-22(33-11-23-4-1-5-30(23)10-12(26)9-23)29-21(16)31-13-2-3-14(31)7-15(32)6-13/h8,12-15,32H,1-7,9-11H2/t12?,13?,14?,15?,23-/m0/s1. The molecule has 33 heavy (non-hydrogen) atoms. The largest absolute Gasteiger partial charge is 0.461 e. The Morgan fingerprint density at radius 3 is 2.79 bits per heavy atom. The highest BCUT2D eigenvalue weighted by atomic mass is 79.9. The first-order valence-electron chi connectivity index (χ1n) is 11.7. The van der Waals surface area contributed by atoms with Gasteiger partial charge < -0.3 is 14.7 Å². The molecule has 10 heteroatoms. The third kappa shape index (κ3) is 3.61. The van der Waals surface area contributed by atoms with Crippen LogP contribution >= 0.6 is 27.5 Å². The normalized spacial score (nSPS) is 33.8. The van der Waals surface area contributed by atoms with Crippen LogP contribution in [0.5, 0.6) is 6.01 Å². The first kappa shape index (κ1) is 22.2. The van der Waals surface area contributed by atoms with Gasteiger partial charge in [-0.1, -0.05) is 11.6 Å². The van der Waals surface area contributed by atoms with Gasteiger partial charge in [0.05, 0.1) is 21.1 Å². The molecule has 1 N–H and O–H groups in total. The van der Waals surface area contributed by atoms with Crippen LogP contribution in [0.1, 0.15) is 44.9 Å². The monoisotopic (exact) mass is 542 g/mol. The number of halogens is 4. The number of anilines is 1. The molecule has 6 nitrogen and oxygen atoms in total. The number of ether oxygens (including phenoxy) is 1. The molecule has 4 aliphatic heterocycles. The van der Waals surface area contributed by atoms with E-state index in [0.717, 1.165) is 32.2 Å².